The molecule has 8 nitrogen and oxygen atoms in total. The minimum absolute atomic E-state index is 0.00546. The van der Waals surface area contributed by atoms with E-state index in [1.165, 1.54) is 42.5 Å². The molecule has 0 unspecified atom stereocenters. The van der Waals surface area contributed by atoms with Crippen LogP contribution in [0.15, 0.2) is 53.4 Å². The number of nitro groups is 1. The zero-order chi connectivity index (χ0) is 19.6. The number of nitrogens with one attached hydrogen (secondary N) is 1. The van der Waals surface area contributed by atoms with Gasteiger partial charge in [-0.1, -0.05) is 23.9 Å². The molecule has 1 aliphatic rings. The fourth-order valence-electron chi connectivity index (χ4n) is 2.24. The quantitative estimate of drug-likeness (QED) is 0.350. The number of non-ortho nitro benzene ring substituents is 1. The molecular weight excluding hydrogens is 390 g/mol. The maximum Gasteiger partial charge on any atom is 0.285 e. The second-order valence-corrected chi connectivity index (χ2v) is 7.00. The third kappa shape index (κ3) is 3.96. The Kier molecular flexibility index (Phi) is 5.19. The topological polar surface area (TPSA) is 113 Å². The van der Waals surface area contributed by atoms with Crippen LogP contribution in [0.5, 0.6) is 5.75 Å². The molecular formula is C17H11N3O5S2. The Hall–Kier alpha value is -3.24. The van der Waals surface area contributed by atoms with Gasteiger partial charge in [0.05, 0.1) is 15.4 Å². The summed E-state index contributed by atoms with van der Waals surface area (Å²) in [6.07, 6.45) is 1.52. The minimum Gasteiger partial charge on any atom is -0.507 e. The summed E-state index contributed by atoms with van der Waals surface area (Å²) in [6.45, 7) is 0. The van der Waals surface area contributed by atoms with Crippen molar-refractivity contribution in [2.45, 2.75) is 0 Å². The Labute approximate surface area is 162 Å². The van der Waals surface area contributed by atoms with Gasteiger partial charge in [-0.25, -0.2) is 0 Å². The summed E-state index contributed by atoms with van der Waals surface area (Å²) in [5, 5.41) is 21.3. The number of phenols is 1. The van der Waals surface area contributed by atoms with Crippen LogP contribution in [0.2, 0.25) is 0 Å². The number of benzene rings is 2. The summed E-state index contributed by atoms with van der Waals surface area (Å²) >= 11 is 6.11. The summed E-state index contributed by atoms with van der Waals surface area (Å²) in [7, 11) is 0. The molecule has 0 spiro atoms. The first-order chi connectivity index (χ1) is 12.9. The van der Waals surface area contributed by atoms with Gasteiger partial charge < -0.3 is 5.11 Å². The molecule has 0 saturated carbocycles. The molecule has 136 valence electrons. The molecule has 0 aliphatic carbocycles. The number of thiocarbonyl (C=S) groups is 1. The van der Waals surface area contributed by atoms with Crippen LogP contribution < -0.4 is 5.43 Å². The Morgan fingerprint density at radius 1 is 1.22 bits per heavy atom. The standard InChI is InChI=1S/C17H11N3O5S2/c21-13-4-2-1-3-12(13)15(22)18-19-16(23)14(27-17(19)26)9-10-5-7-11(8-6-10)20(24)25/h1-9,21H,(H,18,22). The number of nitrogens with zero attached hydrogens (tertiary/aromatic N) is 2. The predicted octanol–water partition coefficient (Wildman–Crippen LogP) is 2.85. The van der Waals surface area contributed by atoms with Crippen LogP contribution in [0.3, 0.4) is 0 Å². The summed E-state index contributed by atoms with van der Waals surface area (Å²) in [4.78, 5) is 35.2. The van der Waals surface area contributed by atoms with Crippen molar-refractivity contribution in [3.05, 3.63) is 74.7 Å². The smallest absolute Gasteiger partial charge is 0.285 e. The van der Waals surface area contributed by atoms with Crippen LogP contribution in [-0.4, -0.2) is 31.2 Å². The Morgan fingerprint density at radius 3 is 2.52 bits per heavy atom. The van der Waals surface area contributed by atoms with E-state index in [0.29, 0.717) is 5.56 Å². The first-order valence-corrected chi connectivity index (χ1v) is 8.70. The Bertz CT molecular complexity index is 988. The van der Waals surface area contributed by atoms with Crippen LogP contribution in [0, 0.1) is 10.1 Å². The zero-order valence-corrected chi connectivity index (χ0v) is 15.1. The van der Waals surface area contributed by atoms with Gasteiger partial charge in [0.2, 0.25) is 0 Å². The minimum atomic E-state index is -0.680. The lowest BCUT2D eigenvalue weighted by Gasteiger charge is -2.16. The normalized spacial score (nSPS) is 15.3. The highest BCUT2D eigenvalue weighted by atomic mass is 32.2. The number of hydrazine groups is 1. The SMILES string of the molecule is O=C(NN1C(=O)C(=Cc2ccc([N+](=O)[O-])cc2)SC1=S)c1ccccc1O. The number of amides is 2. The van der Waals surface area contributed by atoms with Crippen LogP contribution in [-0.2, 0) is 4.79 Å². The number of hydrogen-bond acceptors (Lipinski definition) is 7. The average molecular weight is 401 g/mol. The molecule has 2 amide bonds. The van der Waals surface area contributed by atoms with Gasteiger partial charge in [-0.05, 0) is 48.1 Å². The van der Waals surface area contributed by atoms with Crippen molar-refractivity contribution in [1.82, 2.24) is 10.4 Å². The molecule has 1 fully saturated rings. The van der Waals surface area contributed by atoms with Crippen molar-refractivity contribution in [2.75, 3.05) is 0 Å². The van der Waals surface area contributed by atoms with E-state index in [9.17, 15) is 24.8 Å². The summed E-state index contributed by atoms with van der Waals surface area (Å²) in [5.74, 6) is -1.44. The summed E-state index contributed by atoms with van der Waals surface area (Å²) in [5.41, 5.74) is 2.89. The number of aromatic hydroxyl groups is 1. The molecule has 0 atom stereocenters. The zero-order valence-electron chi connectivity index (χ0n) is 13.5. The van der Waals surface area contributed by atoms with Crippen LogP contribution in [0.25, 0.3) is 6.08 Å². The van der Waals surface area contributed by atoms with Crippen molar-refractivity contribution in [1.29, 1.82) is 0 Å². The molecule has 2 aromatic carbocycles. The van der Waals surface area contributed by atoms with Crippen molar-refractivity contribution >= 4 is 51.9 Å². The number of phenolic OH excluding ortho intramolecular Hbond substituents is 1. The Morgan fingerprint density at radius 2 is 1.89 bits per heavy atom. The summed E-state index contributed by atoms with van der Waals surface area (Å²) < 4.78 is 0.122. The lowest BCUT2D eigenvalue weighted by molar-refractivity contribution is -0.384. The van der Waals surface area contributed by atoms with Gasteiger partial charge in [0.25, 0.3) is 17.5 Å². The van der Waals surface area contributed by atoms with E-state index in [1.54, 1.807) is 12.1 Å². The van der Waals surface area contributed by atoms with E-state index in [4.69, 9.17) is 12.2 Å². The maximum atomic E-state index is 12.5. The maximum absolute atomic E-state index is 12.5. The Balaban J connectivity index is 1.77. The van der Waals surface area contributed by atoms with E-state index in [1.807, 2.05) is 0 Å². The third-order valence-electron chi connectivity index (χ3n) is 3.56. The fraction of sp³-hybridized carbons (Fsp3) is 0. The lowest BCUT2D eigenvalue weighted by Crippen LogP contribution is -2.44. The number of carbonyl (C=O) groups excluding carboxylic acids is 2. The number of thioether (sulfide) groups is 1. The third-order valence-corrected chi connectivity index (χ3v) is 4.86. The van der Waals surface area contributed by atoms with Crippen molar-refractivity contribution < 1.29 is 19.6 Å². The van der Waals surface area contributed by atoms with E-state index < -0.39 is 16.7 Å². The summed E-state index contributed by atoms with van der Waals surface area (Å²) in [6, 6.07) is 11.6. The van der Waals surface area contributed by atoms with Crippen LogP contribution >= 0.6 is 24.0 Å². The van der Waals surface area contributed by atoms with Crippen molar-refractivity contribution in [3.63, 3.8) is 0 Å². The fourth-order valence-corrected chi connectivity index (χ4v) is 3.41. The van der Waals surface area contributed by atoms with E-state index >= 15 is 0 Å². The number of para-hydroxylation sites is 1. The van der Waals surface area contributed by atoms with Gasteiger partial charge in [0.15, 0.2) is 4.32 Å². The second kappa shape index (κ2) is 7.56. The molecule has 0 radical (unpaired) electrons. The van der Waals surface area contributed by atoms with Crippen LogP contribution in [0.4, 0.5) is 5.69 Å². The average Bonchev–Trinajstić information content (AvgIpc) is 2.90. The number of nitro benzene ring substituents is 1. The van der Waals surface area contributed by atoms with E-state index in [-0.39, 0.29) is 26.2 Å². The van der Waals surface area contributed by atoms with Gasteiger partial charge in [-0.15, -0.1) is 0 Å². The number of carbonyl (C=O) groups is 2. The number of hydrogen-bond donors (Lipinski definition) is 2. The van der Waals surface area contributed by atoms with Gasteiger partial charge >= 0.3 is 0 Å². The monoisotopic (exact) mass is 401 g/mol. The van der Waals surface area contributed by atoms with E-state index in [0.717, 1.165) is 16.8 Å². The highest BCUT2D eigenvalue weighted by molar-refractivity contribution is 8.26. The highest BCUT2D eigenvalue weighted by Gasteiger charge is 2.34. The molecule has 2 N–H and O–H groups in total. The molecule has 10 heteroatoms. The van der Waals surface area contributed by atoms with Gasteiger partial charge in [-0.2, -0.15) is 5.01 Å². The van der Waals surface area contributed by atoms with Crippen molar-refractivity contribution in [2.24, 2.45) is 0 Å². The first-order valence-electron chi connectivity index (χ1n) is 7.48. The molecule has 1 heterocycles. The predicted molar refractivity (Wildman–Crippen MR) is 104 cm³/mol. The molecule has 1 aliphatic heterocycles. The largest absolute Gasteiger partial charge is 0.507 e. The lowest BCUT2D eigenvalue weighted by atomic mass is 10.2. The second-order valence-electron chi connectivity index (χ2n) is 5.32. The molecule has 3 rings (SSSR count). The molecule has 2 aromatic rings. The first kappa shape index (κ1) is 18.5. The molecule has 0 bridgehead atoms. The highest BCUT2D eigenvalue weighted by Crippen LogP contribution is 2.32. The van der Waals surface area contributed by atoms with E-state index in [2.05, 4.69) is 5.43 Å². The van der Waals surface area contributed by atoms with Crippen molar-refractivity contribution in [3.8, 4) is 5.75 Å². The molecule has 1 saturated heterocycles. The van der Waals surface area contributed by atoms with Crippen LogP contribution in [0.1, 0.15) is 15.9 Å². The molecule has 0 aromatic heterocycles. The van der Waals surface area contributed by atoms with Gasteiger partial charge in [0.1, 0.15) is 5.75 Å². The molecule has 27 heavy (non-hydrogen) atoms. The number of rotatable bonds is 4. The van der Waals surface area contributed by atoms with Gasteiger partial charge in [0, 0.05) is 12.1 Å². The van der Waals surface area contributed by atoms with Gasteiger partial charge in [-0.3, -0.25) is 25.1 Å².